The molecule has 0 bridgehead atoms. The van der Waals surface area contributed by atoms with Gasteiger partial charge in [-0.25, -0.2) is 4.79 Å². The molecule has 0 amide bonds. The van der Waals surface area contributed by atoms with Gasteiger partial charge in [0.15, 0.2) is 11.5 Å². The van der Waals surface area contributed by atoms with Crippen LogP contribution in [-0.2, 0) is 22.4 Å². The first-order valence-corrected chi connectivity index (χ1v) is 11.9. The van der Waals surface area contributed by atoms with Crippen LogP contribution in [0.2, 0.25) is 0 Å². The molecule has 3 aromatic rings. The van der Waals surface area contributed by atoms with Crippen LogP contribution in [0.25, 0.3) is 22.4 Å². The molecule has 7 heteroatoms. The van der Waals surface area contributed by atoms with Crippen LogP contribution in [0, 0.1) is 20.8 Å². The molecular weight excluding hydrogens is 446 g/mol. The standard InChI is InChI=1S/C28H33NO6/c1-7-34-28(31)25-24(20-12-16(2)27(30)17(3)13-20)18(4)29-9-8-19-14-23(35-11-10-32-5)22(33-6)15-21(19)26(25)29/h12-15,30H,7-11H2,1-6H3. The summed E-state index contributed by atoms with van der Waals surface area (Å²) in [5.74, 6) is 1.15. The molecule has 2 heterocycles. The van der Waals surface area contributed by atoms with E-state index < -0.39 is 0 Å². The number of aryl methyl sites for hydroxylation is 3. The third kappa shape index (κ3) is 4.36. The Morgan fingerprint density at radius 1 is 1.03 bits per heavy atom. The van der Waals surface area contributed by atoms with E-state index in [0.717, 1.165) is 57.7 Å². The van der Waals surface area contributed by atoms with Gasteiger partial charge in [0.2, 0.25) is 0 Å². The van der Waals surface area contributed by atoms with Gasteiger partial charge in [0.1, 0.15) is 12.4 Å². The van der Waals surface area contributed by atoms with Gasteiger partial charge in [0.25, 0.3) is 0 Å². The molecule has 1 N–H and O–H groups in total. The molecule has 4 rings (SSSR count). The van der Waals surface area contributed by atoms with Crippen LogP contribution in [-0.4, -0.2) is 49.7 Å². The molecule has 186 valence electrons. The number of aromatic nitrogens is 1. The lowest BCUT2D eigenvalue weighted by atomic mass is 9.92. The third-order valence-electron chi connectivity index (χ3n) is 6.58. The van der Waals surface area contributed by atoms with Gasteiger partial charge in [-0.3, -0.25) is 0 Å². The molecular formula is C28H33NO6. The predicted molar refractivity (Wildman–Crippen MR) is 135 cm³/mol. The van der Waals surface area contributed by atoms with Gasteiger partial charge < -0.3 is 28.6 Å². The number of nitrogens with zero attached hydrogens (tertiary/aromatic N) is 1. The molecule has 1 aromatic heterocycles. The van der Waals surface area contributed by atoms with Crippen molar-refractivity contribution in [2.24, 2.45) is 0 Å². The lowest BCUT2D eigenvalue weighted by Gasteiger charge is -2.23. The molecule has 0 spiro atoms. The average Bonchev–Trinajstić information content (AvgIpc) is 3.14. The Kier molecular flexibility index (Phi) is 7.08. The van der Waals surface area contributed by atoms with E-state index in [1.165, 1.54) is 0 Å². The molecule has 2 aromatic carbocycles. The zero-order valence-corrected chi connectivity index (χ0v) is 21.3. The Labute approximate surface area is 206 Å². The second-order valence-electron chi connectivity index (χ2n) is 8.77. The first-order valence-electron chi connectivity index (χ1n) is 11.9. The Hall–Kier alpha value is -3.45. The Morgan fingerprint density at radius 3 is 2.37 bits per heavy atom. The second kappa shape index (κ2) is 10.0. The topological polar surface area (TPSA) is 79.2 Å². The van der Waals surface area contributed by atoms with Gasteiger partial charge in [-0.2, -0.15) is 0 Å². The molecule has 0 fully saturated rings. The van der Waals surface area contributed by atoms with E-state index in [1.807, 2.05) is 52.0 Å². The van der Waals surface area contributed by atoms with Crippen molar-refractivity contribution in [3.05, 3.63) is 52.2 Å². The molecule has 1 aliphatic heterocycles. The minimum Gasteiger partial charge on any atom is -0.507 e. The molecule has 0 aliphatic carbocycles. The molecule has 0 saturated carbocycles. The van der Waals surface area contributed by atoms with E-state index in [-0.39, 0.29) is 18.3 Å². The van der Waals surface area contributed by atoms with Crippen LogP contribution in [0.4, 0.5) is 0 Å². The zero-order chi connectivity index (χ0) is 25.3. The van der Waals surface area contributed by atoms with Crippen molar-refractivity contribution in [2.75, 3.05) is 34.0 Å². The first-order chi connectivity index (χ1) is 16.8. The minimum atomic E-state index is -0.366. The highest BCUT2D eigenvalue weighted by molar-refractivity contribution is 6.05. The maximum absolute atomic E-state index is 13.4. The first kappa shape index (κ1) is 24.7. The van der Waals surface area contributed by atoms with E-state index in [0.29, 0.717) is 30.3 Å². The van der Waals surface area contributed by atoms with Crippen LogP contribution in [0.1, 0.15) is 39.7 Å². The Balaban J connectivity index is 1.96. The number of fused-ring (bicyclic) bond motifs is 3. The highest BCUT2D eigenvalue weighted by Gasteiger charge is 2.32. The SMILES string of the molecule is CCOC(=O)c1c(-c2cc(C)c(O)c(C)c2)c(C)n2c1-c1cc(OC)c(OCCOC)cc1CC2. The number of rotatable bonds is 8. The highest BCUT2D eigenvalue weighted by Crippen LogP contribution is 2.46. The summed E-state index contributed by atoms with van der Waals surface area (Å²) in [6.07, 6.45) is 0.790. The number of methoxy groups -OCH3 is 2. The summed E-state index contributed by atoms with van der Waals surface area (Å²) >= 11 is 0. The number of benzene rings is 2. The van der Waals surface area contributed by atoms with Gasteiger partial charge in [-0.15, -0.1) is 0 Å². The smallest absolute Gasteiger partial charge is 0.340 e. The summed E-state index contributed by atoms with van der Waals surface area (Å²) in [5, 5.41) is 10.3. The maximum atomic E-state index is 13.4. The van der Waals surface area contributed by atoms with Crippen LogP contribution < -0.4 is 9.47 Å². The van der Waals surface area contributed by atoms with Crippen LogP contribution in [0.5, 0.6) is 17.2 Å². The number of phenols is 1. The highest BCUT2D eigenvalue weighted by atomic mass is 16.5. The summed E-state index contributed by atoms with van der Waals surface area (Å²) in [6.45, 7) is 9.46. The van der Waals surface area contributed by atoms with Crippen LogP contribution in [0.3, 0.4) is 0 Å². The molecule has 0 atom stereocenters. The van der Waals surface area contributed by atoms with Crippen molar-refractivity contribution in [3.8, 4) is 39.6 Å². The molecule has 1 aliphatic rings. The van der Waals surface area contributed by atoms with E-state index in [2.05, 4.69) is 4.57 Å². The monoisotopic (exact) mass is 479 g/mol. The number of ether oxygens (including phenoxy) is 4. The van der Waals surface area contributed by atoms with Gasteiger partial charge in [-0.05, 0) is 80.6 Å². The van der Waals surface area contributed by atoms with E-state index >= 15 is 0 Å². The van der Waals surface area contributed by atoms with E-state index in [1.54, 1.807) is 14.2 Å². The second-order valence-corrected chi connectivity index (χ2v) is 8.77. The number of esters is 1. The van der Waals surface area contributed by atoms with Crippen molar-refractivity contribution in [3.63, 3.8) is 0 Å². The molecule has 0 saturated heterocycles. The number of carbonyl (C=O) groups excluding carboxylic acids is 1. The maximum Gasteiger partial charge on any atom is 0.340 e. The van der Waals surface area contributed by atoms with Gasteiger partial charge in [0.05, 0.1) is 31.6 Å². The molecule has 0 unspecified atom stereocenters. The number of hydrogen-bond acceptors (Lipinski definition) is 6. The quantitative estimate of drug-likeness (QED) is 0.353. The predicted octanol–water partition coefficient (Wildman–Crippen LogP) is 5.22. The summed E-state index contributed by atoms with van der Waals surface area (Å²) in [5.41, 5.74) is 7.58. The number of phenolic OH excluding ortho intramolecular Hbond substituents is 1. The largest absolute Gasteiger partial charge is 0.507 e. The summed E-state index contributed by atoms with van der Waals surface area (Å²) in [6, 6.07) is 7.79. The lowest BCUT2D eigenvalue weighted by Crippen LogP contribution is -2.15. The normalized spacial score (nSPS) is 12.2. The average molecular weight is 480 g/mol. The fourth-order valence-corrected chi connectivity index (χ4v) is 4.92. The summed E-state index contributed by atoms with van der Waals surface area (Å²) in [4.78, 5) is 13.4. The summed E-state index contributed by atoms with van der Waals surface area (Å²) in [7, 11) is 3.24. The fraction of sp³-hybridized carbons (Fsp3) is 0.393. The molecule has 7 nitrogen and oxygen atoms in total. The summed E-state index contributed by atoms with van der Waals surface area (Å²) < 4.78 is 24.4. The van der Waals surface area contributed by atoms with Crippen LogP contribution >= 0.6 is 0 Å². The van der Waals surface area contributed by atoms with Crippen molar-refractivity contribution < 1.29 is 28.8 Å². The van der Waals surface area contributed by atoms with Crippen molar-refractivity contribution in [1.29, 1.82) is 0 Å². The van der Waals surface area contributed by atoms with Crippen LogP contribution in [0.15, 0.2) is 24.3 Å². The molecule has 0 radical (unpaired) electrons. The Morgan fingerprint density at radius 2 is 1.74 bits per heavy atom. The fourth-order valence-electron chi connectivity index (χ4n) is 4.92. The minimum absolute atomic E-state index is 0.268. The van der Waals surface area contributed by atoms with Gasteiger partial charge in [0, 0.05) is 30.5 Å². The van der Waals surface area contributed by atoms with Crippen molar-refractivity contribution in [2.45, 2.75) is 40.7 Å². The third-order valence-corrected chi connectivity index (χ3v) is 6.58. The number of carbonyl (C=O) groups is 1. The Bertz CT molecular complexity index is 1250. The van der Waals surface area contributed by atoms with Gasteiger partial charge >= 0.3 is 5.97 Å². The van der Waals surface area contributed by atoms with E-state index in [9.17, 15) is 9.90 Å². The number of aromatic hydroxyl groups is 1. The zero-order valence-electron chi connectivity index (χ0n) is 21.3. The van der Waals surface area contributed by atoms with Crippen molar-refractivity contribution in [1.82, 2.24) is 4.57 Å². The number of hydrogen-bond donors (Lipinski definition) is 1. The van der Waals surface area contributed by atoms with E-state index in [4.69, 9.17) is 18.9 Å². The van der Waals surface area contributed by atoms with Crippen molar-refractivity contribution >= 4 is 5.97 Å². The molecule has 35 heavy (non-hydrogen) atoms. The lowest BCUT2D eigenvalue weighted by molar-refractivity contribution is 0.0528. The van der Waals surface area contributed by atoms with Gasteiger partial charge in [-0.1, -0.05) is 0 Å².